The van der Waals surface area contributed by atoms with E-state index in [-0.39, 0.29) is 29.2 Å². The van der Waals surface area contributed by atoms with Crippen LogP contribution in [0.2, 0.25) is 0 Å². The molecule has 0 bridgehead atoms. The first kappa shape index (κ1) is 25.4. The molecule has 0 unspecified atom stereocenters. The molecule has 0 atom stereocenters. The van der Waals surface area contributed by atoms with Crippen LogP contribution >= 0.6 is 0 Å². The second-order valence-corrected chi connectivity index (χ2v) is 8.76. The minimum atomic E-state index is -1.31. The summed E-state index contributed by atoms with van der Waals surface area (Å²) in [7, 11) is 1.12. The largest absolute Gasteiger partial charge is 0.624 e. The van der Waals surface area contributed by atoms with Gasteiger partial charge in [-0.05, 0) is 54.5 Å². The number of aromatic nitrogens is 2. The van der Waals surface area contributed by atoms with Gasteiger partial charge >= 0.3 is 0 Å². The highest BCUT2D eigenvalue weighted by Crippen LogP contribution is 2.32. The van der Waals surface area contributed by atoms with Crippen molar-refractivity contribution in [2.75, 3.05) is 31.6 Å². The number of hydrogen-bond donors (Lipinski definition) is 0. The highest BCUT2D eigenvalue weighted by molar-refractivity contribution is 5.78. The van der Waals surface area contributed by atoms with Gasteiger partial charge < -0.3 is 14.8 Å². The lowest BCUT2D eigenvalue weighted by Crippen LogP contribution is -2.36. The van der Waals surface area contributed by atoms with Gasteiger partial charge in [-0.1, -0.05) is 13.0 Å². The summed E-state index contributed by atoms with van der Waals surface area (Å²) in [6.07, 6.45) is 6.83. The molecule has 6 nitrogen and oxygen atoms in total. The first-order valence-electron chi connectivity index (χ1n) is 11.7. The molecule has 10 heteroatoms. The van der Waals surface area contributed by atoms with Crippen LogP contribution in [0.4, 0.5) is 23.5 Å². The Morgan fingerprint density at radius 2 is 1.69 bits per heavy atom. The topological polar surface area (TPSA) is 64.3 Å². The number of anilines is 1. The number of rotatable bonds is 7. The van der Waals surface area contributed by atoms with Crippen molar-refractivity contribution in [3.63, 3.8) is 0 Å². The second-order valence-electron chi connectivity index (χ2n) is 8.76. The number of ether oxygens (including phenoxy) is 1. The molecule has 0 N–H and O–H groups in total. The highest BCUT2D eigenvalue weighted by Gasteiger charge is 2.24. The van der Waals surface area contributed by atoms with E-state index < -0.39 is 29.0 Å². The standard InChI is InChI=1S/C26H26F4N4O2/c1-3-16-12-31-26(32-13-16)34-8-6-17(7-9-34)15-36-25-21(27)10-19(11-22(25)28)20-5-4-18(14-33(2)35)23(29)24(20)30/h4-5,10-14,17H,3,6-9,15H2,1-2H3/b33-14-. The average molecular weight is 503 g/mol. The van der Waals surface area contributed by atoms with Crippen molar-refractivity contribution in [3.05, 3.63) is 76.3 Å². The van der Waals surface area contributed by atoms with Gasteiger partial charge in [0.2, 0.25) is 5.95 Å². The van der Waals surface area contributed by atoms with E-state index in [1.165, 1.54) is 0 Å². The van der Waals surface area contributed by atoms with Crippen LogP contribution in [0.3, 0.4) is 0 Å². The number of aryl methyl sites for hydroxylation is 1. The molecule has 0 aliphatic carbocycles. The summed E-state index contributed by atoms with van der Waals surface area (Å²) in [5.74, 6) is -4.42. The first-order chi connectivity index (χ1) is 17.3. The SMILES string of the molecule is CCc1cnc(N2CCC(COc3c(F)cc(-c4ccc(/C=[N+](/C)[O-])c(F)c4F)cc3F)CC2)nc1. The summed E-state index contributed by atoms with van der Waals surface area (Å²) in [6.45, 7) is 3.55. The van der Waals surface area contributed by atoms with Gasteiger partial charge in [0, 0.05) is 31.0 Å². The minimum absolute atomic E-state index is 0.0872. The lowest BCUT2D eigenvalue weighted by atomic mass is 9.98. The number of hydroxylamine groups is 1. The molecule has 2 aromatic carbocycles. The van der Waals surface area contributed by atoms with Gasteiger partial charge in [0.1, 0.15) is 7.05 Å². The minimum Gasteiger partial charge on any atom is -0.624 e. The van der Waals surface area contributed by atoms with Crippen LogP contribution < -0.4 is 9.64 Å². The lowest BCUT2D eigenvalue weighted by Gasteiger charge is -2.31. The fourth-order valence-corrected chi connectivity index (χ4v) is 4.13. The summed E-state index contributed by atoms with van der Waals surface area (Å²) >= 11 is 0. The van der Waals surface area contributed by atoms with Crippen molar-refractivity contribution < 1.29 is 27.0 Å². The van der Waals surface area contributed by atoms with Gasteiger partial charge in [0.15, 0.2) is 35.2 Å². The first-order valence-corrected chi connectivity index (χ1v) is 11.7. The Morgan fingerprint density at radius 1 is 1.06 bits per heavy atom. The zero-order valence-electron chi connectivity index (χ0n) is 20.0. The molecule has 1 fully saturated rings. The molecule has 0 spiro atoms. The van der Waals surface area contributed by atoms with E-state index in [0.717, 1.165) is 62.4 Å². The Bertz CT molecular complexity index is 1230. The van der Waals surface area contributed by atoms with Crippen molar-refractivity contribution in [2.24, 2.45) is 5.92 Å². The Hall–Kier alpha value is -3.69. The number of halogens is 4. The van der Waals surface area contributed by atoms with Crippen LogP contribution in [-0.2, 0) is 6.42 Å². The average Bonchev–Trinajstić information content (AvgIpc) is 2.86. The van der Waals surface area contributed by atoms with Crippen LogP contribution in [0.5, 0.6) is 5.75 Å². The summed E-state index contributed by atoms with van der Waals surface area (Å²) in [4.78, 5) is 10.9. The van der Waals surface area contributed by atoms with Crippen LogP contribution in [0, 0.1) is 34.4 Å². The molecule has 1 saturated heterocycles. The normalized spacial score (nSPS) is 14.8. The molecular formula is C26H26F4N4O2. The van der Waals surface area contributed by atoms with Gasteiger partial charge in [-0.25, -0.2) is 32.3 Å². The highest BCUT2D eigenvalue weighted by atomic mass is 19.2. The number of piperidine rings is 1. The molecule has 0 amide bonds. The van der Waals surface area contributed by atoms with E-state index in [0.29, 0.717) is 23.8 Å². The monoisotopic (exact) mass is 502 g/mol. The maximum absolute atomic E-state index is 14.7. The summed E-state index contributed by atoms with van der Waals surface area (Å²) in [6, 6.07) is 4.13. The predicted molar refractivity (Wildman–Crippen MR) is 128 cm³/mol. The molecule has 36 heavy (non-hydrogen) atoms. The Labute approximate surface area is 206 Å². The van der Waals surface area contributed by atoms with Gasteiger partial charge in [-0.15, -0.1) is 0 Å². The molecule has 3 aromatic rings. The van der Waals surface area contributed by atoms with Gasteiger partial charge in [0.05, 0.1) is 12.2 Å². The summed E-state index contributed by atoms with van der Waals surface area (Å²) in [5.41, 5.74) is 0.278. The lowest BCUT2D eigenvalue weighted by molar-refractivity contribution is -0.416. The second kappa shape index (κ2) is 10.9. The van der Waals surface area contributed by atoms with Crippen LogP contribution in [0.25, 0.3) is 11.1 Å². The molecule has 0 saturated carbocycles. The Kier molecular flexibility index (Phi) is 7.71. The molecule has 0 radical (unpaired) electrons. The molecule has 1 aliphatic heterocycles. The Morgan fingerprint density at radius 3 is 2.28 bits per heavy atom. The maximum Gasteiger partial charge on any atom is 0.225 e. The predicted octanol–water partition coefficient (Wildman–Crippen LogP) is 5.12. The fourth-order valence-electron chi connectivity index (χ4n) is 4.13. The van der Waals surface area contributed by atoms with E-state index >= 15 is 0 Å². The smallest absolute Gasteiger partial charge is 0.225 e. The molecule has 1 aliphatic rings. The maximum atomic E-state index is 14.7. The number of nitrogens with zero attached hydrogens (tertiary/aromatic N) is 4. The summed E-state index contributed by atoms with van der Waals surface area (Å²) in [5, 5.41) is 11.1. The van der Waals surface area contributed by atoms with Crippen molar-refractivity contribution >= 4 is 12.2 Å². The van der Waals surface area contributed by atoms with Crippen LogP contribution in [0.1, 0.15) is 30.9 Å². The quantitative estimate of drug-likeness (QED) is 0.148. The number of hydrogen-bond acceptors (Lipinski definition) is 5. The fraction of sp³-hybridized carbons (Fsp3) is 0.346. The van der Waals surface area contributed by atoms with E-state index in [4.69, 9.17) is 4.74 Å². The van der Waals surface area contributed by atoms with Crippen molar-refractivity contribution in [1.29, 1.82) is 0 Å². The van der Waals surface area contributed by atoms with Crippen LogP contribution in [-0.4, -0.2) is 47.7 Å². The van der Waals surface area contributed by atoms with E-state index in [1.54, 1.807) is 0 Å². The van der Waals surface area contributed by atoms with Crippen molar-refractivity contribution in [3.8, 4) is 16.9 Å². The van der Waals surface area contributed by atoms with Crippen molar-refractivity contribution in [1.82, 2.24) is 9.97 Å². The van der Waals surface area contributed by atoms with Gasteiger partial charge in [-0.3, -0.25) is 0 Å². The van der Waals surface area contributed by atoms with E-state index in [1.807, 2.05) is 19.3 Å². The van der Waals surface area contributed by atoms with Gasteiger partial charge in [-0.2, -0.15) is 0 Å². The molecular weight excluding hydrogens is 476 g/mol. The van der Waals surface area contributed by atoms with Gasteiger partial charge in [0.25, 0.3) is 0 Å². The van der Waals surface area contributed by atoms with E-state index in [9.17, 15) is 22.8 Å². The van der Waals surface area contributed by atoms with Crippen LogP contribution in [0.15, 0.2) is 36.7 Å². The zero-order chi connectivity index (χ0) is 25.8. The molecule has 2 heterocycles. The molecule has 1 aromatic heterocycles. The van der Waals surface area contributed by atoms with E-state index in [2.05, 4.69) is 14.9 Å². The third kappa shape index (κ3) is 5.58. The Balaban J connectivity index is 1.41. The number of benzene rings is 2. The zero-order valence-corrected chi connectivity index (χ0v) is 20.0. The third-order valence-corrected chi connectivity index (χ3v) is 6.20. The van der Waals surface area contributed by atoms with Crippen molar-refractivity contribution in [2.45, 2.75) is 26.2 Å². The third-order valence-electron chi connectivity index (χ3n) is 6.20. The summed E-state index contributed by atoms with van der Waals surface area (Å²) < 4.78 is 64.1. The molecule has 4 rings (SSSR count). The molecule has 190 valence electrons.